The van der Waals surface area contributed by atoms with Crippen molar-refractivity contribution in [2.45, 2.75) is 52.5 Å². The maximum absolute atomic E-state index is 12.4. The molecule has 0 atom stereocenters. The number of rotatable bonds is 2. The Morgan fingerprint density at radius 3 is 2.36 bits per heavy atom. The largest absolute Gasteiger partial charge is 0.349 e. The molecule has 4 nitrogen and oxygen atoms in total. The number of carbonyl (C=O) groups is 1. The van der Waals surface area contributed by atoms with E-state index < -0.39 is 0 Å². The highest BCUT2D eigenvalue weighted by Gasteiger charge is 2.20. The van der Waals surface area contributed by atoms with Gasteiger partial charge < -0.3 is 5.32 Å². The highest BCUT2D eigenvalue weighted by atomic mass is 16.1. The van der Waals surface area contributed by atoms with Crippen LogP contribution in [0, 0.1) is 19.8 Å². The van der Waals surface area contributed by atoms with Crippen LogP contribution >= 0.6 is 0 Å². The molecule has 1 aliphatic carbocycles. The van der Waals surface area contributed by atoms with Crippen molar-refractivity contribution < 1.29 is 4.79 Å². The molecular formula is C18H23N3O. The van der Waals surface area contributed by atoms with E-state index in [1.165, 1.54) is 12.8 Å². The van der Waals surface area contributed by atoms with Crippen LogP contribution in [0.25, 0.3) is 11.0 Å². The van der Waals surface area contributed by atoms with E-state index in [0.717, 1.165) is 41.2 Å². The molecule has 0 saturated heterocycles. The van der Waals surface area contributed by atoms with Crippen LogP contribution in [0.15, 0.2) is 18.2 Å². The van der Waals surface area contributed by atoms with E-state index in [0.29, 0.717) is 11.6 Å². The van der Waals surface area contributed by atoms with Gasteiger partial charge in [-0.15, -0.1) is 0 Å². The lowest BCUT2D eigenvalue weighted by atomic mass is 9.87. The van der Waals surface area contributed by atoms with Gasteiger partial charge in [0.15, 0.2) is 0 Å². The van der Waals surface area contributed by atoms with Crippen molar-refractivity contribution in [3.63, 3.8) is 0 Å². The Balaban J connectivity index is 1.77. The second kappa shape index (κ2) is 6.03. The molecule has 0 bridgehead atoms. The molecule has 0 radical (unpaired) electrons. The first-order valence-corrected chi connectivity index (χ1v) is 8.09. The Labute approximate surface area is 131 Å². The summed E-state index contributed by atoms with van der Waals surface area (Å²) in [7, 11) is 0. The molecule has 1 amide bonds. The van der Waals surface area contributed by atoms with Crippen molar-refractivity contribution in [2.75, 3.05) is 0 Å². The summed E-state index contributed by atoms with van der Waals surface area (Å²) >= 11 is 0. The summed E-state index contributed by atoms with van der Waals surface area (Å²) in [5.41, 5.74) is 4.13. The number of hydrogen-bond acceptors (Lipinski definition) is 3. The lowest BCUT2D eigenvalue weighted by Gasteiger charge is -2.26. The first-order chi connectivity index (χ1) is 10.5. The van der Waals surface area contributed by atoms with Crippen LogP contribution in [0.1, 0.15) is 54.4 Å². The van der Waals surface area contributed by atoms with Gasteiger partial charge in [0.1, 0.15) is 0 Å². The van der Waals surface area contributed by atoms with Crippen LogP contribution in [0.3, 0.4) is 0 Å². The highest BCUT2D eigenvalue weighted by molar-refractivity contribution is 5.97. The summed E-state index contributed by atoms with van der Waals surface area (Å²) < 4.78 is 0. The second-order valence-corrected chi connectivity index (χ2v) is 6.53. The molecule has 0 spiro atoms. The molecule has 1 aromatic carbocycles. The lowest BCUT2D eigenvalue weighted by molar-refractivity contribution is 0.0923. The van der Waals surface area contributed by atoms with Gasteiger partial charge in [-0.1, -0.05) is 6.92 Å². The smallest absolute Gasteiger partial charge is 0.251 e. The fraction of sp³-hybridized carbons (Fsp3) is 0.500. The Kier molecular flexibility index (Phi) is 4.10. The van der Waals surface area contributed by atoms with Crippen molar-refractivity contribution in [3.05, 3.63) is 35.2 Å². The minimum Gasteiger partial charge on any atom is -0.349 e. The van der Waals surface area contributed by atoms with Crippen LogP contribution in [-0.4, -0.2) is 21.9 Å². The number of amides is 1. The Morgan fingerprint density at radius 1 is 1.05 bits per heavy atom. The fourth-order valence-electron chi connectivity index (χ4n) is 3.05. The average molecular weight is 297 g/mol. The minimum absolute atomic E-state index is 0.00137. The maximum Gasteiger partial charge on any atom is 0.251 e. The van der Waals surface area contributed by atoms with Crippen LogP contribution in [0.4, 0.5) is 0 Å². The zero-order chi connectivity index (χ0) is 15.7. The topological polar surface area (TPSA) is 54.9 Å². The first kappa shape index (κ1) is 14.9. The summed E-state index contributed by atoms with van der Waals surface area (Å²) in [6, 6.07) is 5.87. The standard InChI is InChI=1S/C18H23N3O/c1-11-4-7-15(8-5-11)21-18(22)14-6-9-16-17(10-14)20-13(3)12(2)19-16/h6,9-11,15H,4-5,7-8H2,1-3H3,(H,21,22). The van der Waals surface area contributed by atoms with E-state index in [4.69, 9.17) is 0 Å². The van der Waals surface area contributed by atoms with Crippen molar-refractivity contribution in [2.24, 2.45) is 5.92 Å². The second-order valence-electron chi connectivity index (χ2n) is 6.53. The summed E-state index contributed by atoms with van der Waals surface area (Å²) in [6.45, 7) is 6.18. The van der Waals surface area contributed by atoms with Crippen molar-refractivity contribution in [1.29, 1.82) is 0 Å². The van der Waals surface area contributed by atoms with Gasteiger partial charge >= 0.3 is 0 Å². The molecule has 4 heteroatoms. The molecule has 1 saturated carbocycles. The SMILES string of the molecule is Cc1nc2ccc(C(=O)NC3CCC(C)CC3)cc2nc1C. The molecule has 116 valence electrons. The van der Waals surface area contributed by atoms with Gasteiger partial charge in [0, 0.05) is 11.6 Å². The van der Waals surface area contributed by atoms with E-state index in [1.807, 2.05) is 32.0 Å². The third-order valence-corrected chi connectivity index (χ3v) is 4.69. The van der Waals surface area contributed by atoms with Crippen LogP contribution in [-0.2, 0) is 0 Å². The summed E-state index contributed by atoms with van der Waals surface area (Å²) in [6.07, 6.45) is 4.57. The van der Waals surface area contributed by atoms with Crippen LogP contribution < -0.4 is 5.32 Å². The monoisotopic (exact) mass is 297 g/mol. The number of carbonyl (C=O) groups excluding carboxylic acids is 1. The molecule has 0 unspecified atom stereocenters. The Morgan fingerprint density at radius 2 is 1.68 bits per heavy atom. The molecule has 0 aliphatic heterocycles. The number of aryl methyl sites for hydroxylation is 2. The van der Waals surface area contributed by atoms with Gasteiger partial charge in [-0.25, -0.2) is 9.97 Å². The van der Waals surface area contributed by atoms with Gasteiger partial charge in [0.05, 0.1) is 22.4 Å². The molecular weight excluding hydrogens is 274 g/mol. The van der Waals surface area contributed by atoms with Crippen molar-refractivity contribution in [3.8, 4) is 0 Å². The Bertz CT molecular complexity index is 703. The van der Waals surface area contributed by atoms with Gasteiger partial charge in [-0.2, -0.15) is 0 Å². The predicted octanol–water partition coefficient (Wildman–Crippen LogP) is 3.56. The molecule has 1 heterocycles. The molecule has 1 aliphatic rings. The molecule has 3 rings (SSSR count). The van der Waals surface area contributed by atoms with Gasteiger partial charge in [-0.05, 0) is 63.6 Å². The van der Waals surface area contributed by atoms with E-state index in [1.54, 1.807) is 0 Å². The normalized spacial score (nSPS) is 21.8. The first-order valence-electron chi connectivity index (χ1n) is 8.09. The van der Waals surface area contributed by atoms with Crippen LogP contribution in [0.2, 0.25) is 0 Å². The molecule has 1 fully saturated rings. The minimum atomic E-state index is 0.00137. The fourth-order valence-corrected chi connectivity index (χ4v) is 3.05. The van der Waals surface area contributed by atoms with Gasteiger partial charge in [0.25, 0.3) is 5.91 Å². The van der Waals surface area contributed by atoms with Crippen molar-refractivity contribution in [1.82, 2.24) is 15.3 Å². The molecule has 1 N–H and O–H groups in total. The number of hydrogen-bond donors (Lipinski definition) is 1. The zero-order valence-electron chi connectivity index (χ0n) is 13.5. The quantitative estimate of drug-likeness (QED) is 0.922. The average Bonchev–Trinajstić information content (AvgIpc) is 2.50. The number of nitrogens with one attached hydrogen (secondary N) is 1. The molecule has 22 heavy (non-hydrogen) atoms. The van der Waals surface area contributed by atoms with E-state index >= 15 is 0 Å². The zero-order valence-corrected chi connectivity index (χ0v) is 13.5. The van der Waals surface area contributed by atoms with Crippen LogP contribution in [0.5, 0.6) is 0 Å². The lowest BCUT2D eigenvalue weighted by Crippen LogP contribution is -2.37. The van der Waals surface area contributed by atoms with E-state index in [2.05, 4.69) is 22.2 Å². The van der Waals surface area contributed by atoms with Gasteiger partial charge in [0.2, 0.25) is 0 Å². The number of benzene rings is 1. The third kappa shape index (κ3) is 3.11. The molecule has 2 aromatic rings. The highest BCUT2D eigenvalue weighted by Crippen LogP contribution is 2.24. The predicted molar refractivity (Wildman–Crippen MR) is 87.9 cm³/mol. The van der Waals surface area contributed by atoms with E-state index in [-0.39, 0.29) is 5.91 Å². The van der Waals surface area contributed by atoms with Crippen molar-refractivity contribution >= 4 is 16.9 Å². The third-order valence-electron chi connectivity index (χ3n) is 4.69. The Hall–Kier alpha value is -1.97. The number of aromatic nitrogens is 2. The number of nitrogens with zero attached hydrogens (tertiary/aromatic N) is 2. The van der Waals surface area contributed by atoms with Gasteiger partial charge in [-0.3, -0.25) is 4.79 Å². The maximum atomic E-state index is 12.4. The van der Waals surface area contributed by atoms with E-state index in [9.17, 15) is 4.79 Å². The summed E-state index contributed by atoms with van der Waals surface area (Å²) in [5, 5.41) is 3.16. The molecule has 1 aromatic heterocycles. The number of fused-ring (bicyclic) bond motifs is 1. The summed E-state index contributed by atoms with van der Waals surface area (Å²) in [5.74, 6) is 0.789. The summed E-state index contributed by atoms with van der Waals surface area (Å²) in [4.78, 5) is 21.5.